The predicted molar refractivity (Wildman–Crippen MR) is 107 cm³/mol. The van der Waals surface area contributed by atoms with Crippen molar-refractivity contribution >= 4 is 17.8 Å². The zero-order chi connectivity index (χ0) is 19.2. The van der Waals surface area contributed by atoms with Crippen molar-refractivity contribution in [1.82, 2.24) is 25.1 Å². The van der Waals surface area contributed by atoms with Gasteiger partial charge in [-0.05, 0) is 24.5 Å². The van der Waals surface area contributed by atoms with Crippen molar-refractivity contribution < 1.29 is 4.79 Å². The van der Waals surface area contributed by atoms with Crippen molar-refractivity contribution in [2.75, 3.05) is 23.3 Å². The maximum Gasteiger partial charge on any atom is 0.320 e. The molecule has 28 heavy (non-hydrogen) atoms. The van der Waals surface area contributed by atoms with Gasteiger partial charge in [0.05, 0.1) is 12.7 Å². The molecule has 1 aliphatic rings. The van der Waals surface area contributed by atoms with E-state index in [1.165, 1.54) is 0 Å². The standard InChI is InChI=1S/C20H23N7O/c28-20(24-17-8-4-13-26(15-17)19-21-10-5-11-22-19)25-18-9-12-23-27(18)14-16-6-2-1-3-7-16/h1-3,5-7,9-12,17H,4,8,13-15H2,(H2,24,25,28)/t17-/m0/s1. The maximum atomic E-state index is 12.5. The zero-order valence-corrected chi connectivity index (χ0v) is 15.5. The molecule has 0 unspecified atom stereocenters. The normalized spacial score (nSPS) is 16.6. The summed E-state index contributed by atoms with van der Waals surface area (Å²) in [6.45, 7) is 2.19. The highest BCUT2D eigenvalue weighted by molar-refractivity contribution is 5.88. The van der Waals surface area contributed by atoms with E-state index in [-0.39, 0.29) is 12.1 Å². The second-order valence-corrected chi connectivity index (χ2v) is 6.79. The Morgan fingerprint density at radius 1 is 1.07 bits per heavy atom. The number of piperidine rings is 1. The minimum atomic E-state index is -0.226. The van der Waals surface area contributed by atoms with E-state index >= 15 is 0 Å². The summed E-state index contributed by atoms with van der Waals surface area (Å²) in [5.41, 5.74) is 1.13. The van der Waals surface area contributed by atoms with Crippen LogP contribution in [-0.4, -0.2) is 44.9 Å². The molecule has 8 nitrogen and oxygen atoms in total. The number of nitrogens with zero attached hydrogens (tertiary/aromatic N) is 5. The van der Waals surface area contributed by atoms with Crippen molar-refractivity contribution in [2.45, 2.75) is 25.4 Å². The zero-order valence-electron chi connectivity index (χ0n) is 15.5. The summed E-state index contributed by atoms with van der Waals surface area (Å²) in [5, 5.41) is 10.3. The average molecular weight is 377 g/mol. The Morgan fingerprint density at radius 3 is 2.71 bits per heavy atom. The monoisotopic (exact) mass is 377 g/mol. The molecule has 3 aromatic rings. The summed E-state index contributed by atoms with van der Waals surface area (Å²) in [5.74, 6) is 1.37. The number of carbonyl (C=O) groups is 1. The third kappa shape index (κ3) is 4.46. The quantitative estimate of drug-likeness (QED) is 0.713. The molecular formula is C20H23N7O. The number of carbonyl (C=O) groups excluding carboxylic acids is 1. The fourth-order valence-corrected chi connectivity index (χ4v) is 3.39. The Morgan fingerprint density at radius 2 is 1.89 bits per heavy atom. The van der Waals surface area contributed by atoms with Gasteiger partial charge < -0.3 is 10.2 Å². The van der Waals surface area contributed by atoms with Crippen LogP contribution in [0.15, 0.2) is 61.1 Å². The third-order valence-electron chi connectivity index (χ3n) is 4.72. The lowest BCUT2D eigenvalue weighted by atomic mass is 10.1. The average Bonchev–Trinajstić information content (AvgIpc) is 3.16. The van der Waals surface area contributed by atoms with Crippen molar-refractivity contribution in [2.24, 2.45) is 0 Å². The minimum Gasteiger partial charge on any atom is -0.339 e. The van der Waals surface area contributed by atoms with Crippen molar-refractivity contribution in [3.63, 3.8) is 0 Å². The molecule has 1 fully saturated rings. The van der Waals surface area contributed by atoms with E-state index in [1.54, 1.807) is 35.4 Å². The number of benzene rings is 1. The lowest BCUT2D eigenvalue weighted by molar-refractivity contribution is 0.246. The predicted octanol–water partition coefficient (Wildman–Crippen LogP) is 2.51. The molecule has 1 atom stereocenters. The molecule has 144 valence electrons. The van der Waals surface area contributed by atoms with E-state index in [9.17, 15) is 4.79 Å². The van der Waals surface area contributed by atoms with E-state index in [0.29, 0.717) is 24.9 Å². The third-order valence-corrected chi connectivity index (χ3v) is 4.72. The van der Waals surface area contributed by atoms with Crippen LogP contribution < -0.4 is 15.5 Å². The van der Waals surface area contributed by atoms with E-state index in [2.05, 4.69) is 30.6 Å². The molecular weight excluding hydrogens is 354 g/mol. The van der Waals surface area contributed by atoms with Gasteiger partial charge in [-0.2, -0.15) is 5.10 Å². The number of hydrogen-bond acceptors (Lipinski definition) is 5. The summed E-state index contributed by atoms with van der Waals surface area (Å²) in [7, 11) is 0. The molecule has 0 aliphatic carbocycles. The lowest BCUT2D eigenvalue weighted by Crippen LogP contribution is -2.49. The molecule has 4 rings (SSSR count). The van der Waals surface area contributed by atoms with Gasteiger partial charge in [0.15, 0.2) is 0 Å². The first kappa shape index (κ1) is 18.0. The molecule has 3 heterocycles. The van der Waals surface area contributed by atoms with Gasteiger partial charge >= 0.3 is 6.03 Å². The molecule has 2 amide bonds. The van der Waals surface area contributed by atoms with E-state index in [1.807, 2.05) is 30.3 Å². The summed E-state index contributed by atoms with van der Waals surface area (Å²) in [4.78, 5) is 23.2. The molecule has 0 saturated carbocycles. The Labute approximate surface area is 163 Å². The molecule has 1 saturated heterocycles. The number of rotatable bonds is 5. The Hall–Kier alpha value is -3.42. The summed E-state index contributed by atoms with van der Waals surface area (Å²) in [6, 6.07) is 13.4. The first-order chi connectivity index (χ1) is 13.8. The molecule has 0 spiro atoms. The molecule has 1 aliphatic heterocycles. The largest absolute Gasteiger partial charge is 0.339 e. The number of urea groups is 1. The SMILES string of the molecule is O=C(Nc1ccnn1Cc1ccccc1)N[C@H]1CCCN(c2ncccn2)C1. The van der Waals surface area contributed by atoms with Crippen LogP contribution >= 0.6 is 0 Å². The number of nitrogens with one attached hydrogen (secondary N) is 2. The van der Waals surface area contributed by atoms with Gasteiger partial charge in [-0.15, -0.1) is 0 Å². The van der Waals surface area contributed by atoms with Crippen LogP contribution in [0.5, 0.6) is 0 Å². The number of anilines is 2. The van der Waals surface area contributed by atoms with E-state index < -0.39 is 0 Å². The van der Waals surface area contributed by atoms with Gasteiger partial charge in [-0.1, -0.05) is 30.3 Å². The number of aromatic nitrogens is 4. The summed E-state index contributed by atoms with van der Waals surface area (Å²) < 4.78 is 1.78. The smallest absolute Gasteiger partial charge is 0.320 e. The number of amides is 2. The summed E-state index contributed by atoms with van der Waals surface area (Å²) >= 11 is 0. The van der Waals surface area contributed by atoms with Gasteiger partial charge in [0, 0.05) is 37.6 Å². The molecule has 0 bridgehead atoms. The van der Waals surface area contributed by atoms with Crippen LogP contribution in [0.3, 0.4) is 0 Å². The van der Waals surface area contributed by atoms with Gasteiger partial charge in [-0.25, -0.2) is 19.4 Å². The first-order valence-corrected chi connectivity index (χ1v) is 9.43. The highest BCUT2D eigenvalue weighted by Crippen LogP contribution is 2.16. The van der Waals surface area contributed by atoms with Gasteiger partial charge in [0.2, 0.25) is 5.95 Å². The van der Waals surface area contributed by atoms with Crippen LogP contribution in [0.1, 0.15) is 18.4 Å². The highest BCUT2D eigenvalue weighted by atomic mass is 16.2. The molecule has 0 radical (unpaired) electrons. The van der Waals surface area contributed by atoms with Crippen molar-refractivity contribution in [3.05, 3.63) is 66.6 Å². The fourth-order valence-electron chi connectivity index (χ4n) is 3.39. The Kier molecular flexibility index (Phi) is 5.46. The number of hydrogen-bond donors (Lipinski definition) is 2. The van der Waals surface area contributed by atoms with Gasteiger partial charge in [0.1, 0.15) is 5.82 Å². The highest BCUT2D eigenvalue weighted by Gasteiger charge is 2.23. The van der Waals surface area contributed by atoms with Crippen molar-refractivity contribution in [3.8, 4) is 0 Å². The Balaban J connectivity index is 1.34. The Bertz CT molecular complexity index is 897. The fraction of sp³-hybridized carbons (Fsp3) is 0.300. The van der Waals surface area contributed by atoms with Gasteiger partial charge in [-0.3, -0.25) is 5.32 Å². The van der Waals surface area contributed by atoms with Crippen LogP contribution in [0.4, 0.5) is 16.6 Å². The molecule has 2 aromatic heterocycles. The van der Waals surface area contributed by atoms with E-state index in [4.69, 9.17) is 0 Å². The van der Waals surface area contributed by atoms with Crippen molar-refractivity contribution in [1.29, 1.82) is 0 Å². The molecule has 2 N–H and O–H groups in total. The second-order valence-electron chi connectivity index (χ2n) is 6.79. The lowest BCUT2D eigenvalue weighted by Gasteiger charge is -2.33. The summed E-state index contributed by atoms with van der Waals surface area (Å²) in [6.07, 6.45) is 7.07. The van der Waals surface area contributed by atoms with Gasteiger partial charge in [0.25, 0.3) is 0 Å². The second kappa shape index (κ2) is 8.51. The van der Waals surface area contributed by atoms with Crippen LogP contribution in [0.2, 0.25) is 0 Å². The van der Waals surface area contributed by atoms with Crippen LogP contribution in [0.25, 0.3) is 0 Å². The minimum absolute atomic E-state index is 0.0445. The first-order valence-electron chi connectivity index (χ1n) is 9.43. The molecule has 8 heteroatoms. The maximum absolute atomic E-state index is 12.5. The van der Waals surface area contributed by atoms with E-state index in [0.717, 1.165) is 24.9 Å². The molecule has 1 aromatic carbocycles. The van der Waals surface area contributed by atoms with Crippen LogP contribution in [-0.2, 0) is 6.54 Å². The topological polar surface area (TPSA) is 88.0 Å². The van der Waals surface area contributed by atoms with Crippen LogP contribution in [0, 0.1) is 0 Å².